The third-order valence-corrected chi connectivity index (χ3v) is 2.49. The molecular formula is C12H23NO2. The molecule has 0 saturated carbocycles. The van der Waals surface area contributed by atoms with Crippen LogP contribution < -0.4 is 0 Å². The van der Waals surface area contributed by atoms with E-state index in [4.69, 9.17) is 0 Å². The Morgan fingerprint density at radius 2 is 1.53 bits per heavy atom. The summed E-state index contributed by atoms with van der Waals surface area (Å²) < 4.78 is 0. The molecule has 0 spiro atoms. The lowest BCUT2D eigenvalue weighted by Gasteiger charge is -2.03. The highest BCUT2D eigenvalue weighted by atomic mass is 16.6. The Labute approximate surface area is 92.7 Å². The lowest BCUT2D eigenvalue weighted by Crippen LogP contribution is -1.92. The van der Waals surface area contributed by atoms with Crippen LogP contribution in [0.5, 0.6) is 0 Å². The zero-order valence-electron chi connectivity index (χ0n) is 10.00. The second kappa shape index (κ2) is 9.69. The first kappa shape index (κ1) is 14.1. The van der Waals surface area contributed by atoms with Crippen LogP contribution in [0.25, 0.3) is 0 Å². The average molecular weight is 213 g/mol. The maximum absolute atomic E-state index is 10.4. The maximum atomic E-state index is 10.4. The van der Waals surface area contributed by atoms with Crippen LogP contribution in [-0.2, 0) is 0 Å². The van der Waals surface area contributed by atoms with E-state index in [1.807, 2.05) is 0 Å². The Balaban J connectivity index is 3.90. The monoisotopic (exact) mass is 213 g/mol. The van der Waals surface area contributed by atoms with Crippen molar-refractivity contribution in [3.8, 4) is 0 Å². The third-order valence-electron chi connectivity index (χ3n) is 2.49. The van der Waals surface area contributed by atoms with Crippen molar-refractivity contribution in [2.45, 2.75) is 65.2 Å². The summed E-state index contributed by atoms with van der Waals surface area (Å²) in [5.74, 6) is 0. The van der Waals surface area contributed by atoms with Crippen molar-refractivity contribution < 1.29 is 4.92 Å². The molecule has 88 valence electrons. The molecule has 0 aliphatic heterocycles. The largest absolute Gasteiger partial charge is 0.259 e. The van der Waals surface area contributed by atoms with Crippen LogP contribution in [0.1, 0.15) is 65.2 Å². The topological polar surface area (TPSA) is 43.1 Å². The van der Waals surface area contributed by atoms with Crippen LogP contribution in [0.3, 0.4) is 0 Å². The molecule has 0 fully saturated rings. The summed E-state index contributed by atoms with van der Waals surface area (Å²) in [6.45, 7) is 4.29. The summed E-state index contributed by atoms with van der Waals surface area (Å²) in [6.07, 6.45) is 9.86. The molecule has 3 heteroatoms. The molecule has 0 saturated heterocycles. The van der Waals surface area contributed by atoms with Gasteiger partial charge in [-0.25, -0.2) is 0 Å². The lowest BCUT2D eigenvalue weighted by molar-refractivity contribution is -0.403. The fraction of sp³-hybridized carbons (Fsp3) is 0.833. The summed E-state index contributed by atoms with van der Waals surface area (Å²) in [7, 11) is 0. The second-order valence-electron chi connectivity index (χ2n) is 3.99. The Hall–Kier alpha value is -0.860. The van der Waals surface area contributed by atoms with Gasteiger partial charge in [-0.15, -0.1) is 0 Å². The first-order valence-electron chi connectivity index (χ1n) is 6.03. The normalized spacial score (nSPS) is 10.0. The highest BCUT2D eigenvalue weighted by Gasteiger charge is 2.02. The van der Waals surface area contributed by atoms with Crippen LogP contribution in [0.2, 0.25) is 0 Å². The third kappa shape index (κ3) is 9.44. The van der Waals surface area contributed by atoms with Crippen LogP contribution in [-0.4, -0.2) is 4.92 Å². The zero-order chi connectivity index (χ0) is 11.5. The molecule has 0 aliphatic carbocycles. The van der Waals surface area contributed by atoms with Gasteiger partial charge in [0.05, 0.1) is 4.92 Å². The smallest absolute Gasteiger partial charge is 0.233 e. The molecule has 0 amide bonds. The van der Waals surface area contributed by atoms with Gasteiger partial charge in [-0.3, -0.25) is 10.1 Å². The highest BCUT2D eigenvalue weighted by molar-refractivity contribution is 4.97. The van der Waals surface area contributed by atoms with Crippen LogP contribution in [0, 0.1) is 10.1 Å². The Morgan fingerprint density at radius 3 is 1.87 bits per heavy atom. The minimum atomic E-state index is -0.312. The van der Waals surface area contributed by atoms with Gasteiger partial charge in [0, 0.05) is 0 Å². The molecule has 0 atom stereocenters. The molecule has 0 aromatic carbocycles. The van der Waals surface area contributed by atoms with E-state index in [0.29, 0.717) is 0 Å². The highest BCUT2D eigenvalue weighted by Crippen LogP contribution is 2.16. The van der Waals surface area contributed by atoms with Crippen molar-refractivity contribution in [3.05, 3.63) is 21.9 Å². The van der Waals surface area contributed by atoms with E-state index < -0.39 is 0 Å². The van der Waals surface area contributed by atoms with Gasteiger partial charge in [-0.2, -0.15) is 0 Å². The van der Waals surface area contributed by atoms with Crippen LogP contribution in [0.15, 0.2) is 11.8 Å². The van der Waals surface area contributed by atoms with Crippen molar-refractivity contribution in [3.63, 3.8) is 0 Å². The molecule has 15 heavy (non-hydrogen) atoms. The number of nitro groups is 1. The van der Waals surface area contributed by atoms with Gasteiger partial charge in [-0.1, -0.05) is 39.5 Å². The Morgan fingerprint density at radius 1 is 1.07 bits per heavy atom. The SMILES string of the molecule is CCCCCC(=C[N+](=O)[O-])CCCCC. The molecule has 0 rings (SSSR count). The van der Waals surface area contributed by atoms with Gasteiger partial charge >= 0.3 is 0 Å². The van der Waals surface area contributed by atoms with Crippen LogP contribution in [0.4, 0.5) is 0 Å². The predicted molar refractivity (Wildman–Crippen MR) is 63.4 cm³/mol. The number of nitrogens with zero attached hydrogens (tertiary/aromatic N) is 1. The molecule has 0 aliphatic rings. The number of rotatable bonds is 9. The van der Waals surface area contributed by atoms with Crippen molar-refractivity contribution >= 4 is 0 Å². The molecule has 0 N–H and O–H groups in total. The van der Waals surface area contributed by atoms with Gasteiger partial charge in [0.15, 0.2) is 0 Å². The Kier molecular flexibility index (Phi) is 9.13. The van der Waals surface area contributed by atoms with Gasteiger partial charge in [0.25, 0.3) is 0 Å². The van der Waals surface area contributed by atoms with E-state index in [1.54, 1.807) is 0 Å². The number of hydrogen-bond acceptors (Lipinski definition) is 2. The van der Waals surface area contributed by atoms with Crippen molar-refractivity contribution in [1.29, 1.82) is 0 Å². The molecule has 0 unspecified atom stereocenters. The summed E-state index contributed by atoms with van der Waals surface area (Å²) in [6, 6.07) is 0. The summed E-state index contributed by atoms with van der Waals surface area (Å²) in [5.41, 5.74) is 1.02. The number of allylic oxidation sites excluding steroid dienone is 1. The molecule has 3 nitrogen and oxygen atoms in total. The molecule has 0 aromatic heterocycles. The van der Waals surface area contributed by atoms with E-state index >= 15 is 0 Å². The summed E-state index contributed by atoms with van der Waals surface area (Å²) in [4.78, 5) is 10.1. The van der Waals surface area contributed by atoms with Gasteiger partial charge < -0.3 is 0 Å². The number of hydrogen-bond donors (Lipinski definition) is 0. The van der Waals surface area contributed by atoms with Crippen molar-refractivity contribution in [2.24, 2.45) is 0 Å². The summed E-state index contributed by atoms with van der Waals surface area (Å²) >= 11 is 0. The van der Waals surface area contributed by atoms with Crippen molar-refractivity contribution in [2.75, 3.05) is 0 Å². The van der Waals surface area contributed by atoms with E-state index in [1.165, 1.54) is 31.9 Å². The van der Waals surface area contributed by atoms with E-state index in [9.17, 15) is 10.1 Å². The molecule has 0 aromatic rings. The van der Waals surface area contributed by atoms with Gasteiger partial charge in [0.2, 0.25) is 6.20 Å². The van der Waals surface area contributed by atoms with Gasteiger partial charge in [0.1, 0.15) is 0 Å². The molecular weight excluding hydrogens is 190 g/mol. The first-order valence-corrected chi connectivity index (χ1v) is 6.03. The predicted octanol–water partition coefficient (Wildman–Crippen LogP) is 4.31. The fourth-order valence-electron chi connectivity index (χ4n) is 1.61. The standard InChI is InChI=1S/C12H23NO2/c1-3-5-7-9-12(11-13(14)15)10-8-6-4-2/h11H,3-10H2,1-2H3. The molecule has 0 heterocycles. The lowest BCUT2D eigenvalue weighted by atomic mass is 10.0. The first-order chi connectivity index (χ1) is 7.20. The fourth-order valence-corrected chi connectivity index (χ4v) is 1.61. The minimum absolute atomic E-state index is 0.312. The Bertz CT molecular complexity index is 188. The van der Waals surface area contributed by atoms with Crippen LogP contribution >= 0.6 is 0 Å². The quantitative estimate of drug-likeness (QED) is 0.325. The van der Waals surface area contributed by atoms with Crippen molar-refractivity contribution in [1.82, 2.24) is 0 Å². The van der Waals surface area contributed by atoms with E-state index in [0.717, 1.165) is 31.3 Å². The second-order valence-corrected chi connectivity index (χ2v) is 3.99. The molecule has 0 radical (unpaired) electrons. The zero-order valence-corrected chi connectivity index (χ0v) is 10.00. The average Bonchev–Trinajstić information content (AvgIpc) is 2.17. The van der Waals surface area contributed by atoms with Gasteiger partial charge in [-0.05, 0) is 31.3 Å². The number of unbranched alkanes of at least 4 members (excludes halogenated alkanes) is 4. The maximum Gasteiger partial charge on any atom is 0.233 e. The molecule has 0 bridgehead atoms. The van der Waals surface area contributed by atoms with E-state index in [2.05, 4.69) is 13.8 Å². The summed E-state index contributed by atoms with van der Waals surface area (Å²) in [5, 5.41) is 10.4. The van der Waals surface area contributed by atoms with E-state index in [-0.39, 0.29) is 4.92 Å². The minimum Gasteiger partial charge on any atom is -0.259 e.